The Hall–Kier alpha value is -4.21. The molecule has 5 nitrogen and oxygen atoms in total. The fourth-order valence-corrected chi connectivity index (χ4v) is 6.73. The zero-order valence-electron chi connectivity index (χ0n) is 22.1. The molecule has 4 aromatic rings. The first kappa shape index (κ1) is 28.3. The minimum absolute atomic E-state index is 0.0175. The molecular formula is C32H27F3N2O3S. The third-order valence-electron chi connectivity index (χ3n) is 7.15. The fourth-order valence-electron chi connectivity index (χ4n) is 5.10. The Bertz CT molecular complexity index is 1620. The summed E-state index contributed by atoms with van der Waals surface area (Å²) in [5.74, 6) is -1.52. The van der Waals surface area contributed by atoms with E-state index in [0.717, 1.165) is 17.7 Å². The molecule has 1 saturated heterocycles. The molecule has 41 heavy (non-hydrogen) atoms. The number of sulfonamides is 1. The van der Waals surface area contributed by atoms with Crippen LogP contribution in [0.5, 0.6) is 0 Å². The van der Waals surface area contributed by atoms with E-state index in [0.29, 0.717) is 16.9 Å². The Morgan fingerprint density at radius 3 is 1.83 bits per heavy atom. The third-order valence-corrected chi connectivity index (χ3v) is 8.99. The van der Waals surface area contributed by atoms with Gasteiger partial charge in [0.05, 0.1) is 22.4 Å². The number of nitrogens with zero attached hydrogens (tertiary/aromatic N) is 2. The zero-order chi connectivity index (χ0) is 29.4. The molecule has 1 heterocycles. The maximum Gasteiger partial charge on any atom is 0.416 e. The number of para-hydroxylation sites is 2. The Labute approximate surface area is 237 Å². The van der Waals surface area contributed by atoms with Crippen LogP contribution >= 0.6 is 0 Å². The van der Waals surface area contributed by atoms with Crippen molar-refractivity contribution in [2.24, 2.45) is 5.92 Å². The molecule has 0 aromatic heterocycles. The summed E-state index contributed by atoms with van der Waals surface area (Å²) in [6.07, 6.45) is -4.57. The summed E-state index contributed by atoms with van der Waals surface area (Å²) in [5, 5.41) is 0. The first-order valence-corrected chi connectivity index (χ1v) is 14.3. The Morgan fingerprint density at radius 1 is 0.829 bits per heavy atom. The molecule has 0 saturated carbocycles. The van der Waals surface area contributed by atoms with Gasteiger partial charge in [0, 0.05) is 17.9 Å². The molecule has 0 bridgehead atoms. The second-order valence-corrected chi connectivity index (χ2v) is 11.8. The number of carbonyl (C=O) groups excluding carboxylic acids is 1. The van der Waals surface area contributed by atoms with Gasteiger partial charge in [-0.3, -0.25) is 9.69 Å². The average molecular weight is 577 g/mol. The minimum Gasteiger partial charge on any atom is -0.280 e. The van der Waals surface area contributed by atoms with E-state index >= 15 is 0 Å². The Morgan fingerprint density at radius 2 is 1.34 bits per heavy atom. The molecule has 1 fully saturated rings. The van der Waals surface area contributed by atoms with E-state index in [1.807, 2.05) is 19.1 Å². The van der Waals surface area contributed by atoms with Gasteiger partial charge in [-0.1, -0.05) is 72.8 Å². The SMILES string of the molecule is C=C1CN(S(=O)(=O)c2ccc(C)cc2)[C@@H](c2ccc(C(F)(F)F)cc2)[C@@H]1C(=O)N(c1ccccc1)c1ccccc1. The van der Waals surface area contributed by atoms with Crippen LogP contribution in [0.1, 0.15) is 22.7 Å². The summed E-state index contributed by atoms with van der Waals surface area (Å²) >= 11 is 0. The normalized spacial score (nSPS) is 17.9. The van der Waals surface area contributed by atoms with E-state index in [1.54, 1.807) is 60.7 Å². The number of carbonyl (C=O) groups is 1. The molecule has 2 atom stereocenters. The second kappa shape index (κ2) is 11.0. The third kappa shape index (κ3) is 5.55. The predicted molar refractivity (Wildman–Crippen MR) is 152 cm³/mol. The highest BCUT2D eigenvalue weighted by Gasteiger charge is 2.49. The summed E-state index contributed by atoms with van der Waals surface area (Å²) < 4.78 is 69.2. The van der Waals surface area contributed by atoms with Crippen molar-refractivity contribution in [1.82, 2.24) is 4.31 Å². The number of rotatable bonds is 6. The van der Waals surface area contributed by atoms with Crippen LogP contribution in [0.25, 0.3) is 0 Å². The lowest BCUT2D eigenvalue weighted by Gasteiger charge is -2.31. The molecule has 0 spiro atoms. The van der Waals surface area contributed by atoms with E-state index < -0.39 is 39.6 Å². The van der Waals surface area contributed by atoms with Gasteiger partial charge in [-0.25, -0.2) is 8.42 Å². The van der Waals surface area contributed by atoms with E-state index in [1.165, 1.54) is 33.5 Å². The minimum atomic E-state index is -4.57. The summed E-state index contributed by atoms with van der Waals surface area (Å²) in [6, 6.07) is 27.2. The van der Waals surface area contributed by atoms with Crippen LogP contribution in [0.4, 0.5) is 24.5 Å². The van der Waals surface area contributed by atoms with E-state index in [-0.39, 0.29) is 17.0 Å². The summed E-state index contributed by atoms with van der Waals surface area (Å²) in [7, 11) is -4.17. The number of benzene rings is 4. The number of hydrogen-bond acceptors (Lipinski definition) is 3. The molecule has 1 amide bonds. The number of halogens is 3. The van der Waals surface area contributed by atoms with Crippen LogP contribution in [0.2, 0.25) is 0 Å². The molecule has 1 aliphatic heterocycles. The topological polar surface area (TPSA) is 57.7 Å². The molecule has 210 valence electrons. The maximum absolute atomic E-state index is 14.5. The second-order valence-electron chi connectivity index (χ2n) is 9.91. The maximum atomic E-state index is 14.5. The van der Waals surface area contributed by atoms with Gasteiger partial charge >= 0.3 is 6.18 Å². The Kier molecular flexibility index (Phi) is 7.59. The van der Waals surface area contributed by atoms with Crippen LogP contribution in [0, 0.1) is 12.8 Å². The summed E-state index contributed by atoms with van der Waals surface area (Å²) in [6.45, 7) is 5.75. The number of alkyl halides is 3. The largest absolute Gasteiger partial charge is 0.416 e. The van der Waals surface area contributed by atoms with Gasteiger partial charge < -0.3 is 0 Å². The molecule has 9 heteroatoms. The van der Waals surface area contributed by atoms with Crippen LogP contribution in [-0.4, -0.2) is 25.2 Å². The van der Waals surface area contributed by atoms with E-state index in [2.05, 4.69) is 6.58 Å². The van der Waals surface area contributed by atoms with Crippen LogP contribution in [0.15, 0.2) is 126 Å². The van der Waals surface area contributed by atoms with Crippen molar-refractivity contribution in [2.75, 3.05) is 11.4 Å². The monoisotopic (exact) mass is 576 g/mol. The van der Waals surface area contributed by atoms with Gasteiger partial charge in [0.25, 0.3) is 0 Å². The molecule has 0 unspecified atom stereocenters. The highest BCUT2D eigenvalue weighted by Crippen LogP contribution is 2.46. The highest BCUT2D eigenvalue weighted by atomic mass is 32.2. The lowest BCUT2D eigenvalue weighted by molar-refractivity contribution is -0.137. The quantitative estimate of drug-likeness (QED) is 0.227. The highest BCUT2D eigenvalue weighted by molar-refractivity contribution is 7.89. The number of aryl methyl sites for hydroxylation is 1. The summed E-state index contributed by atoms with van der Waals surface area (Å²) in [4.78, 5) is 16.0. The average Bonchev–Trinajstić information content (AvgIpc) is 3.32. The van der Waals surface area contributed by atoms with E-state index in [4.69, 9.17) is 0 Å². The van der Waals surface area contributed by atoms with Crippen LogP contribution in [0.3, 0.4) is 0 Å². The first-order chi connectivity index (χ1) is 19.5. The standard InChI is InChI=1S/C32H27F3N2O3S/c1-22-13-19-28(20-14-22)41(39,40)36-21-23(2)29(30(36)24-15-17-25(18-16-24)32(33,34)35)31(38)37(26-9-5-3-6-10-26)27-11-7-4-8-12-27/h3-20,29-30H,2,21H2,1H3/t29-,30+/m1/s1. The lowest BCUT2D eigenvalue weighted by Crippen LogP contribution is -2.38. The van der Waals surface area contributed by atoms with Crippen molar-refractivity contribution in [3.05, 3.63) is 138 Å². The van der Waals surface area contributed by atoms with Gasteiger partial charge in [0.15, 0.2) is 0 Å². The molecule has 4 aromatic carbocycles. The number of hydrogen-bond donors (Lipinski definition) is 0. The van der Waals surface area contributed by atoms with Gasteiger partial charge in [0.2, 0.25) is 15.9 Å². The van der Waals surface area contributed by atoms with Crippen molar-refractivity contribution in [3.63, 3.8) is 0 Å². The van der Waals surface area contributed by atoms with Crippen molar-refractivity contribution >= 4 is 27.3 Å². The molecular weight excluding hydrogens is 549 g/mol. The first-order valence-electron chi connectivity index (χ1n) is 12.9. The van der Waals surface area contributed by atoms with Crippen molar-refractivity contribution in [1.29, 1.82) is 0 Å². The Balaban J connectivity index is 1.65. The molecule has 0 aliphatic carbocycles. The van der Waals surface area contributed by atoms with Gasteiger partial charge in [0.1, 0.15) is 0 Å². The summed E-state index contributed by atoms with van der Waals surface area (Å²) in [5.41, 5.74) is 1.71. The van der Waals surface area contributed by atoms with Crippen LogP contribution < -0.4 is 4.90 Å². The zero-order valence-corrected chi connectivity index (χ0v) is 22.9. The number of anilines is 2. The van der Waals surface area contributed by atoms with Crippen molar-refractivity contribution in [2.45, 2.75) is 24.0 Å². The number of amides is 1. The molecule has 0 N–H and O–H groups in total. The molecule has 5 rings (SSSR count). The van der Waals surface area contributed by atoms with Gasteiger partial charge in [-0.2, -0.15) is 17.5 Å². The van der Waals surface area contributed by atoms with E-state index in [9.17, 15) is 26.4 Å². The fraction of sp³-hybridized carbons (Fsp3) is 0.156. The van der Waals surface area contributed by atoms with Gasteiger partial charge in [-0.05, 0) is 66.6 Å². The molecule has 0 radical (unpaired) electrons. The van der Waals surface area contributed by atoms with Crippen LogP contribution in [-0.2, 0) is 21.0 Å². The van der Waals surface area contributed by atoms with Gasteiger partial charge in [-0.15, -0.1) is 0 Å². The predicted octanol–water partition coefficient (Wildman–Crippen LogP) is 7.30. The van der Waals surface area contributed by atoms with Crippen molar-refractivity contribution < 1.29 is 26.4 Å². The lowest BCUT2D eigenvalue weighted by atomic mass is 9.89. The molecule has 1 aliphatic rings. The smallest absolute Gasteiger partial charge is 0.280 e. The van der Waals surface area contributed by atoms with Crippen molar-refractivity contribution in [3.8, 4) is 0 Å².